The zero-order valence-electron chi connectivity index (χ0n) is 8.63. The molecule has 5 heteroatoms. The molecule has 0 aliphatic carbocycles. The Hall–Kier alpha value is -1.10. The molecule has 0 spiro atoms. The van der Waals surface area contributed by atoms with Crippen molar-refractivity contribution in [3.63, 3.8) is 0 Å². The third-order valence-corrected chi connectivity index (χ3v) is 0.944. The molecule has 0 unspecified atom stereocenters. The summed E-state index contributed by atoms with van der Waals surface area (Å²) in [5, 5.41) is 2.72. The van der Waals surface area contributed by atoms with Gasteiger partial charge in [-0.1, -0.05) is 6.92 Å². The third-order valence-electron chi connectivity index (χ3n) is 0.944. The van der Waals surface area contributed by atoms with Crippen molar-refractivity contribution in [3.8, 4) is 0 Å². The molecule has 13 heavy (non-hydrogen) atoms. The molecule has 78 valence electrons. The number of nitrogens with two attached hydrogens (primary N) is 2. The number of Topliss-reactive ketones (excluding diaryl/α,β-unsaturated/α-hetero) is 1. The summed E-state index contributed by atoms with van der Waals surface area (Å²) in [6, 6.07) is 0. The van der Waals surface area contributed by atoms with E-state index in [1.54, 1.807) is 14.0 Å². The molecule has 0 aromatic carbocycles. The number of nitrogens with one attached hydrogen (secondary N) is 1. The summed E-state index contributed by atoms with van der Waals surface area (Å²) in [6.45, 7) is 4.80. The molecule has 5 nitrogen and oxygen atoms in total. The molecule has 0 saturated carbocycles. The van der Waals surface area contributed by atoms with Crippen LogP contribution in [0.2, 0.25) is 0 Å². The molecule has 0 aromatic heterocycles. The van der Waals surface area contributed by atoms with Crippen molar-refractivity contribution in [2.24, 2.45) is 16.5 Å². The van der Waals surface area contributed by atoms with Gasteiger partial charge in [0.1, 0.15) is 5.78 Å². The standard InChI is InChI=1S/C4H11N3.C4H9NO/c1-2-3-7-4(5)6;1-4(6)3-5-2/h2-3H2,1H3,(H4,5,6,7);5H,3H2,1-2H3. The van der Waals surface area contributed by atoms with Crippen LogP contribution in [0.4, 0.5) is 0 Å². The van der Waals surface area contributed by atoms with Crippen molar-refractivity contribution < 1.29 is 4.79 Å². The lowest BCUT2D eigenvalue weighted by molar-refractivity contribution is -0.116. The minimum absolute atomic E-state index is 0.178. The maximum atomic E-state index is 9.98. The van der Waals surface area contributed by atoms with Crippen LogP contribution in [-0.2, 0) is 4.79 Å². The summed E-state index contributed by atoms with van der Waals surface area (Å²) in [6.07, 6.45) is 0.998. The predicted molar refractivity (Wildman–Crippen MR) is 55.6 cm³/mol. The topological polar surface area (TPSA) is 93.5 Å². The molecule has 5 N–H and O–H groups in total. The number of aliphatic imine (C=N–C) groups is 1. The van der Waals surface area contributed by atoms with Crippen molar-refractivity contribution in [2.45, 2.75) is 20.3 Å². The Labute approximate surface area is 79.6 Å². The largest absolute Gasteiger partial charge is 0.370 e. The molecule has 0 aliphatic heterocycles. The van der Waals surface area contributed by atoms with Gasteiger partial charge in [-0.15, -0.1) is 0 Å². The van der Waals surface area contributed by atoms with Crippen LogP contribution in [0.15, 0.2) is 4.99 Å². The van der Waals surface area contributed by atoms with Crippen LogP contribution in [0.5, 0.6) is 0 Å². The number of rotatable bonds is 4. The first kappa shape index (κ1) is 14.4. The molecule has 0 rings (SSSR count). The third kappa shape index (κ3) is 24.8. The highest BCUT2D eigenvalue weighted by Gasteiger charge is 1.82. The van der Waals surface area contributed by atoms with Gasteiger partial charge >= 0.3 is 0 Å². The summed E-state index contributed by atoms with van der Waals surface area (Å²) in [5.74, 6) is 0.361. The fourth-order valence-electron chi connectivity index (χ4n) is 0.490. The zero-order chi connectivity index (χ0) is 10.7. The van der Waals surface area contributed by atoms with E-state index in [4.69, 9.17) is 11.5 Å². The van der Waals surface area contributed by atoms with Crippen molar-refractivity contribution in [3.05, 3.63) is 0 Å². The van der Waals surface area contributed by atoms with E-state index >= 15 is 0 Å². The summed E-state index contributed by atoms with van der Waals surface area (Å²) in [5.41, 5.74) is 10.0. The smallest absolute Gasteiger partial charge is 0.185 e. The Morgan fingerprint density at radius 2 is 2.00 bits per heavy atom. The van der Waals surface area contributed by atoms with Gasteiger partial charge in [0.15, 0.2) is 5.96 Å². The lowest BCUT2D eigenvalue weighted by Crippen LogP contribution is -2.22. The normalized spacial score (nSPS) is 8.23. The van der Waals surface area contributed by atoms with Crippen LogP contribution < -0.4 is 16.8 Å². The summed E-state index contributed by atoms with van der Waals surface area (Å²) in [4.78, 5) is 13.7. The Morgan fingerprint density at radius 3 is 2.08 bits per heavy atom. The lowest BCUT2D eigenvalue weighted by atomic mass is 10.5. The van der Waals surface area contributed by atoms with Gasteiger partial charge in [0.2, 0.25) is 0 Å². The van der Waals surface area contributed by atoms with Gasteiger partial charge in [0.25, 0.3) is 0 Å². The van der Waals surface area contributed by atoms with E-state index in [0.29, 0.717) is 6.54 Å². The Balaban J connectivity index is 0. The van der Waals surface area contributed by atoms with Crippen molar-refractivity contribution in [1.29, 1.82) is 0 Å². The average Bonchev–Trinajstić information content (AvgIpc) is 2.01. The first-order chi connectivity index (χ1) is 6.04. The first-order valence-electron chi connectivity index (χ1n) is 4.24. The summed E-state index contributed by atoms with van der Waals surface area (Å²) >= 11 is 0. The molecular formula is C8H20N4O. The fraction of sp³-hybridized carbons (Fsp3) is 0.750. The summed E-state index contributed by atoms with van der Waals surface area (Å²) < 4.78 is 0. The quantitative estimate of drug-likeness (QED) is 0.408. The van der Waals surface area contributed by atoms with E-state index in [2.05, 4.69) is 10.3 Å². The number of carbonyl (C=O) groups excluding carboxylic acids is 1. The van der Waals surface area contributed by atoms with Gasteiger partial charge in [0.05, 0.1) is 6.54 Å². The van der Waals surface area contributed by atoms with Gasteiger partial charge in [0, 0.05) is 6.54 Å². The van der Waals surface area contributed by atoms with Crippen molar-refractivity contribution in [1.82, 2.24) is 5.32 Å². The lowest BCUT2D eigenvalue weighted by Gasteiger charge is -1.86. The van der Waals surface area contributed by atoms with E-state index in [-0.39, 0.29) is 11.7 Å². The number of guanidine groups is 1. The number of hydrogen-bond donors (Lipinski definition) is 3. The second-order valence-corrected chi connectivity index (χ2v) is 2.54. The molecule has 0 amide bonds. The van der Waals surface area contributed by atoms with E-state index in [0.717, 1.165) is 13.0 Å². The van der Waals surface area contributed by atoms with Gasteiger partial charge in [-0.2, -0.15) is 0 Å². The molecule has 0 heterocycles. The van der Waals surface area contributed by atoms with Crippen LogP contribution in [0, 0.1) is 0 Å². The minimum atomic E-state index is 0.178. The summed E-state index contributed by atoms with van der Waals surface area (Å²) in [7, 11) is 1.75. The Kier molecular flexibility index (Phi) is 12.1. The van der Waals surface area contributed by atoms with Gasteiger partial charge < -0.3 is 16.8 Å². The van der Waals surface area contributed by atoms with Crippen LogP contribution in [0.3, 0.4) is 0 Å². The number of hydrogen-bond acceptors (Lipinski definition) is 3. The van der Waals surface area contributed by atoms with Crippen LogP contribution >= 0.6 is 0 Å². The molecule has 0 fully saturated rings. The Bertz CT molecular complexity index is 152. The van der Waals surface area contributed by atoms with Gasteiger partial charge in [-0.3, -0.25) is 9.79 Å². The Morgan fingerprint density at radius 1 is 1.46 bits per heavy atom. The first-order valence-corrected chi connectivity index (χ1v) is 4.24. The molecular weight excluding hydrogens is 168 g/mol. The number of ketones is 1. The van der Waals surface area contributed by atoms with E-state index in [1.165, 1.54) is 0 Å². The fourth-order valence-corrected chi connectivity index (χ4v) is 0.490. The minimum Gasteiger partial charge on any atom is -0.370 e. The van der Waals surface area contributed by atoms with Crippen molar-refractivity contribution >= 4 is 11.7 Å². The zero-order valence-corrected chi connectivity index (χ0v) is 8.63. The molecule has 0 atom stereocenters. The van der Waals surface area contributed by atoms with E-state index in [9.17, 15) is 4.79 Å². The monoisotopic (exact) mass is 188 g/mol. The average molecular weight is 188 g/mol. The van der Waals surface area contributed by atoms with Crippen LogP contribution in [0.25, 0.3) is 0 Å². The second kappa shape index (κ2) is 10.9. The number of carbonyl (C=O) groups is 1. The van der Waals surface area contributed by atoms with E-state index in [1.807, 2.05) is 6.92 Å². The SMILES string of the molecule is CCCN=C(N)N.CNCC(C)=O. The van der Waals surface area contributed by atoms with Crippen LogP contribution in [-0.4, -0.2) is 31.9 Å². The van der Waals surface area contributed by atoms with Gasteiger partial charge in [-0.05, 0) is 20.4 Å². The highest BCUT2D eigenvalue weighted by atomic mass is 16.1. The maximum Gasteiger partial charge on any atom is 0.185 e. The molecule has 0 aliphatic rings. The molecule has 0 saturated heterocycles. The highest BCUT2D eigenvalue weighted by Crippen LogP contribution is 1.73. The van der Waals surface area contributed by atoms with Crippen LogP contribution in [0.1, 0.15) is 20.3 Å². The highest BCUT2D eigenvalue weighted by molar-refractivity contribution is 5.77. The van der Waals surface area contributed by atoms with Gasteiger partial charge in [-0.25, -0.2) is 0 Å². The maximum absolute atomic E-state index is 9.98. The molecule has 0 aromatic rings. The number of nitrogens with zero attached hydrogens (tertiary/aromatic N) is 1. The predicted octanol–water partition coefficient (Wildman–Crippen LogP) is -0.535. The second-order valence-electron chi connectivity index (χ2n) is 2.54. The van der Waals surface area contributed by atoms with E-state index < -0.39 is 0 Å². The molecule has 0 radical (unpaired) electrons. The number of likely N-dealkylation sites (N-methyl/N-ethyl adjacent to an activating group) is 1. The molecule has 0 bridgehead atoms. The van der Waals surface area contributed by atoms with Crippen molar-refractivity contribution in [2.75, 3.05) is 20.1 Å².